The van der Waals surface area contributed by atoms with Crippen LogP contribution in [0.1, 0.15) is 68.8 Å². The minimum absolute atomic E-state index is 0.00566. The van der Waals surface area contributed by atoms with E-state index in [-0.39, 0.29) is 11.3 Å². The van der Waals surface area contributed by atoms with Crippen molar-refractivity contribution < 1.29 is 19.0 Å². The van der Waals surface area contributed by atoms with Crippen LogP contribution in [0, 0.1) is 0 Å². The van der Waals surface area contributed by atoms with Gasteiger partial charge in [0, 0.05) is 24.1 Å². The molecule has 1 aliphatic heterocycles. The summed E-state index contributed by atoms with van der Waals surface area (Å²) in [6, 6.07) is 14.3. The normalized spacial score (nSPS) is 17.4. The number of ether oxygens (including phenoxy) is 3. The van der Waals surface area contributed by atoms with E-state index in [2.05, 4.69) is 49.1 Å². The molecule has 36 heavy (non-hydrogen) atoms. The van der Waals surface area contributed by atoms with E-state index in [4.69, 9.17) is 14.2 Å². The molecule has 1 saturated heterocycles. The average molecular weight is 497 g/mol. The van der Waals surface area contributed by atoms with Gasteiger partial charge >= 0.3 is 0 Å². The Morgan fingerprint density at radius 1 is 0.972 bits per heavy atom. The summed E-state index contributed by atoms with van der Waals surface area (Å²) in [6.07, 6.45) is 5.60. The van der Waals surface area contributed by atoms with Gasteiger partial charge in [0.15, 0.2) is 11.5 Å². The molecule has 1 aliphatic rings. The van der Waals surface area contributed by atoms with Crippen molar-refractivity contribution in [3.63, 3.8) is 0 Å². The number of likely N-dealkylation sites (tertiary alicyclic amines) is 1. The summed E-state index contributed by atoms with van der Waals surface area (Å²) in [5, 5.41) is 0. The van der Waals surface area contributed by atoms with Crippen molar-refractivity contribution in [2.24, 2.45) is 0 Å². The molecule has 6 heteroatoms. The zero-order valence-electron chi connectivity index (χ0n) is 22.8. The fourth-order valence-electron chi connectivity index (χ4n) is 5.33. The summed E-state index contributed by atoms with van der Waals surface area (Å²) >= 11 is 0. The smallest absolute Gasteiger partial charge is 0.254 e. The predicted octanol–water partition coefficient (Wildman–Crippen LogP) is 5.79. The molecule has 0 aromatic heterocycles. The first kappa shape index (κ1) is 27.9. The number of hydrogen-bond acceptors (Lipinski definition) is 5. The average Bonchev–Trinajstić information content (AvgIpc) is 3.35. The molecule has 0 N–H and O–H groups in total. The molecule has 1 fully saturated rings. The lowest BCUT2D eigenvalue weighted by Gasteiger charge is -2.33. The maximum atomic E-state index is 13.7. The van der Waals surface area contributed by atoms with E-state index < -0.39 is 0 Å². The Balaban J connectivity index is 1.85. The highest BCUT2D eigenvalue weighted by atomic mass is 16.5. The highest BCUT2D eigenvalue weighted by Gasteiger charge is 2.41. The first-order valence-electron chi connectivity index (χ1n) is 13.5. The Labute approximate surface area is 217 Å². The molecule has 0 saturated carbocycles. The minimum atomic E-state index is -0.0472. The number of carbonyl (C=O) groups is 1. The van der Waals surface area contributed by atoms with Gasteiger partial charge < -0.3 is 24.0 Å². The number of methoxy groups -OCH3 is 2. The van der Waals surface area contributed by atoms with Crippen LogP contribution in [0.25, 0.3) is 0 Å². The molecule has 1 amide bonds. The Bertz CT molecular complexity index is 965. The van der Waals surface area contributed by atoms with Gasteiger partial charge in [-0.1, -0.05) is 50.6 Å². The number of rotatable bonds is 14. The molecule has 0 bridgehead atoms. The summed E-state index contributed by atoms with van der Waals surface area (Å²) in [7, 11) is 3.16. The second-order valence-electron chi connectivity index (χ2n) is 9.71. The Morgan fingerprint density at radius 2 is 1.72 bits per heavy atom. The SMILES string of the molecule is CCCCN(CCC)CCC1(c2ccccc2)CCN(C(=O)c2cc(OC)c(OC)c(OCC)c2)C1. The van der Waals surface area contributed by atoms with Crippen molar-refractivity contribution in [3.05, 3.63) is 53.6 Å². The zero-order chi connectivity index (χ0) is 26.0. The quantitative estimate of drug-likeness (QED) is 0.331. The van der Waals surface area contributed by atoms with Crippen molar-refractivity contribution in [3.8, 4) is 17.2 Å². The van der Waals surface area contributed by atoms with Crippen molar-refractivity contribution >= 4 is 5.91 Å². The fraction of sp³-hybridized carbons (Fsp3) is 0.567. The molecule has 1 heterocycles. The van der Waals surface area contributed by atoms with Gasteiger partial charge in [-0.05, 0) is 69.9 Å². The molecule has 1 unspecified atom stereocenters. The van der Waals surface area contributed by atoms with Crippen molar-refractivity contribution in [2.75, 3.05) is 53.6 Å². The molecule has 0 spiro atoms. The second-order valence-corrected chi connectivity index (χ2v) is 9.71. The molecule has 3 rings (SSSR count). The van der Waals surface area contributed by atoms with Gasteiger partial charge in [-0.15, -0.1) is 0 Å². The number of unbranched alkanes of at least 4 members (excludes halogenated alkanes) is 1. The number of hydrogen-bond donors (Lipinski definition) is 0. The summed E-state index contributed by atoms with van der Waals surface area (Å²) < 4.78 is 16.8. The molecular weight excluding hydrogens is 452 g/mol. The van der Waals surface area contributed by atoms with Crippen LogP contribution >= 0.6 is 0 Å². The zero-order valence-corrected chi connectivity index (χ0v) is 22.8. The van der Waals surface area contributed by atoms with Crippen LogP contribution in [0.15, 0.2) is 42.5 Å². The van der Waals surface area contributed by atoms with Crippen LogP contribution in [-0.4, -0.2) is 69.3 Å². The third-order valence-corrected chi connectivity index (χ3v) is 7.29. The molecule has 2 aromatic carbocycles. The summed E-state index contributed by atoms with van der Waals surface area (Å²) in [5.74, 6) is 1.55. The molecular formula is C30H44N2O4. The fourth-order valence-corrected chi connectivity index (χ4v) is 5.33. The number of carbonyl (C=O) groups excluding carboxylic acids is 1. The predicted molar refractivity (Wildman–Crippen MR) is 146 cm³/mol. The van der Waals surface area contributed by atoms with Crippen LogP contribution in [-0.2, 0) is 5.41 Å². The van der Waals surface area contributed by atoms with Gasteiger partial charge in [-0.25, -0.2) is 0 Å². The van der Waals surface area contributed by atoms with Crippen LogP contribution in [0.4, 0.5) is 0 Å². The topological polar surface area (TPSA) is 51.2 Å². The van der Waals surface area contributed by atoms with Crippen LogP contribution in [0.2, 0.25) is 0 Å². The van der Waals surface area contributed by atoms with Gasteiger partial charge in [0.05, 0.1) is 20.8 Å². The lowest BCUT2D eigenvalue weighted by Crippen LogP contribution is -2.38. The van der Waals surface area contributed by atoms with Crippen LogP contribution < -0.4 is 14.2 Å². The number of nitrogens with zero attached hydrogens (tertiary/aromatic N) is 2. The third-order valence-electron chi connectivity index (χ3n) is 7.29. The molecule has 1 atom stereocenters. The Morgan fingerprint density at radius 3 is 2.36 bits per heavy atom. The highest BCUT2D eigenvalue weighted by molar-refractivity contribution is 5.96. The van der Waals surface area contributed by atoms with E-state index in [9.17, 15) is 4.79 Å². The summed E-state index contributed by atoms with van der Waals surface area (Å²) in [4.78, 5) is 18.3. The van der Waals surface area contributed by atoms with Crippen molar-refractivity contribution in [1.29, 1.82) is 0 Å². The standard InChI is InChI=1S/C30H44N2O4/c1-6-9-18-31(17-7-2)19-15-30(25-13-11-10-12-14-25)16-20-32(23-30)29(33)24-21-26(34-4)28(35-5)27(22-24)36-8-3/h10-14,21-22H,6-9,15-20,23H2,1-5H3. The van der Waals surface area contributed by atoms with Gasteiger partial charge in [0.25, 0.3) is 5.91 Å². The molecule has 0 aliphatic carbocycles. The summed E-state index contributed by atoms with van der Waals surface area (Å²) in [5.41, 5.74) is 1.85. The monoisotopic (exact) mass is 496 g/mol. The van der Waals surface area contributed by atoms with Gasteiger partial charge in [0.1, 0.15) is 0 Å². The Kier molecular flexibility index (Phi) is 10.5. The van der Waals surface area contributed by atoms with Crippen LogP contribution in [0.5, 0.6) is 17.2 Å². The van der Waals surface area contributed by atoms with Crippen LogP contribution in [0.3, 0.4) is 0 Å². The largest absolute Gasteiger partial charge is 0.493 e. The maximum Gasteiger partial charge on any atom is 0.254 e. The molecule has 6 nitrogen and oxygen atoms in total. The van der Waals surface area contributed by atoms with E-state index in [1.54, 1.807) is 26.4 Å². The van der Waals surface area contributed by atoms with E-state index in [1.165, 1.54) is 18.4 Å². The third kappa shape index (κ3) is 6.52. The van der Waals surface area contributed by atoms with E-state index >= 15 is 0 Å². The molecule has 2 aromatic rings. The highest BCUT2D eigenvalue weighted by Crippen LogP contribution is 2.41. The van der Waals surface area contributed by atoms with E-state index in [0.29, 0.717) is 36.0 Å². The Hall–Kier alpha value is -2.73. The van der Waals surface area contributed by atoms with Crippen molar-refractivity contribution in [1.82, 2.24) is 9.80 Å². The number of benzene rings is 2. The second kappa shape index (κ2) is 13.5. The minimum Gasteiger partial charge on any atom is -0.493 e. The summed E-state index contributed by atoms with van der Waals surface area (Å²) in [6.45, 7) is 11.7. The van der Waals surface area contributed by atoms with E-state index in [1.807, 2.05) is 11.8 Å². The first-order chi connectivity index (χ1) is 17.5. The van der Waals surface area contributed by atoms with Crippen molar-refractivity contribution in [2.45, 2.75) is 58.3 Å². The molecule has 0 radical (unpaired) electrons. The maximum absolute atomic E-state index is 13.7. The van der Waals surface area contributed by atoms with Gasteiger partial charge in [0.2, 0.25) is 5.75 Å². The number of amides is 1. The molecule has 198 valence electrons. The van der Waals surface area contributed by atoms with Gasteiger partial charge in [-0.3, -0.25) is 4.79 Å². The van der Waals surface area contributed by atoms with E-state index in [0.717, 1.165) is 45.4 Å². The van der Waals surface area contributed by atoms with Gasteiger partial charge in [-0.2, -0.15) is 0 Å². The lowest BCUT2D eigenvalue weighted by atomic mass is 9.76. The lowest BCUT2D eigenvalue weighted by molar-refractivity contribution is 0.0779. The first-order valence-corrected chi connectivity index (χ1v) is 13.5.